The number of aromatic amines is 1. The number of H-pyrrole nitrogens is 1. The second-order valence-corrected chi connectivity index (χ2v) is 4.65. The first-order chi connectivity index (χ1) is 9.16. The number of benzene rings is 2. The summed E-state index contributed by atoms with van der Waals surface area (Å²) in [6.45, 7) is 2.01. The lowest BCUT2D eigenvalue weighted by atomic mass is 10.00. The molecule has 3 N–H and O–H groups in total. The topological polar surface area (TPSA) is 58.9 Å². The molecule has 0 amide bonds. The summed E-state index contributed by atoms with van der Waals surface area (Å²) in [5, 5.41) is 0.990. The molecule has 0 saturated carbocycles. The number of hydrogen-bond donors (Lipinski definition) is 2. The maximum atomic E-state index is 12.5. The normalized spacial score (nSPS) is 10.8. The molecule has 94 valence electrons. The van der Waals surface area contributed by atoms with E-state index in [9.17, 15) is 4.79 Å². The second kappa shape index (κ2) is 4.28. The lowest BCUT2D eigenvalue weighted by Crippen LogP contribution is -2.01. The Morgan fingerprint density at radius 3 is 2.58 bits per heavy atom. The summed E-state index contributed by atoms with van der Waals surface area (Å²) in [4.78, 5) is 15.7. The van der Waals surface area contributed by atoms with Gasteiger partial charge in [0.25, 0.3) is 0 Å². The zero-order valence-corrected chi connectivity index (χ0v) is 10.6. The molecule has 1 aromatic heterocycles. The van der Waals surface area contributed by atoms with Crippen molar-refractivity contribution in [2.45, 2.75) is 6.92 Å². The van der Waals surface area contributed by atoms with Gasteiger partial charge in [-0.2, -0.15) is 0 Å². The molecule has 0 aliphatic carbocycles. The van der Waals surface area contributed by atoms with Gasteiger partial charge in [0, 0.05) is 33.9 Å². The van der Waals surface area contributed by atoms with E-state index >= 15 is 0 Å². The molecule has 0 radical (unpaired) electrons. The van der Waals surface area contributed by atoms with Crippen molar-refractivity contribution in [2.75, 3.05) is 5.73 Å². The van der Waals surface area contributed by atoms with Crippen molar-refractivity contribution in [3.63, 3.8) is 0 Å². The molecule has 0 spiro atoms. The average Bonchev–Trinajstić information content (AvgIpc) is 2.84. The number of nitrogen functional groups attached to an aromatic ring is 1. The minimum Gasteiger partial charge on any atom is -0.399 e. The van der Waals surface area contributed by atoms with Crippen LogP contribution in [0.15, 0.2) is 48.7 Å². The summed E-state index contributed by atoms with van der Waals surface area (Å²) in [6, 6.07) is 13.0. The highest BCUT2D eigenvalue weighted by Gasteiger charge is 2.15. The lowest BCUT2D eigenvalue weighted by Gasteiger charge is -2.02. The molecule has 19 heavy (non-hydrogen) atoms. The fourth-order valence-corrected chi connectivity index (χ4v) is 2.34. The zero-order valence-electron chi connectivity index (χ0n) is 10.6. The molecule has 0 aliphatic heterocycles. The fourth-order valence-electron chi connectivity index (χ4n) is 2.34. The number of anilines is 1. The molecule has 3 rings (SSSR count). The monoisotopic (exact) mass is 250 g/mol. The molecule has 3 nitrogen and oxygen atoms in total. The summed E-state index contributed by atoms with van der Waals surface area (Å²) >= 11 is 0. The Morgan fingerprint density at radius 2 is 1.84 bits per heavy atom. The number of carbonyl (C=O) groups excluding carboxylic acids is 1. The molecule has 0 aliphatic rings. The highest BCUT2D eigenvalue weighted by atomic mass is 16.1. The van der Waals surface area contributed by atoms with Crippen LogP contribution >= 0.6 is 0 Å². The van der Waals surface area contributed by atoms with E-state index in [-0.39, 0.29) is 5.78 Å². The van der Waals surface area contributed by atoms with Crippen molar-refractivity contribution in [2.24, 2.45) is 0 Å². The standard InChI is InChI=1S/C16H14N2O/c1-10-3-2-4-14-15(10)13(9-18-14)16(19)11-5-7-12(17)8-6-11/h2-9,18H,17H2,1H3. The Bertz CT molecular complexity index is 754. The van der Waals surface area contributed by atoms with Crippen molar-refractivity contribution < 1.29 is 4.79 Å². The van der Waals surface area contributed by atoms with Gasteiger partial charge in [-0.05, 0) is 42.8 Å². The van der Waals surface area contributed by atoms with Crippen LogP contribution in [-0.4, -0.2) is 10.8 Å². The Kier molecular flexibility index (Phi) is 2.60. The van der Waals surface area contributed by atoms with Crippen molar-refractivity contribution in [3.05, 3.63) is 65.4 Å². The summed E-state index contributed by atoms with van der Waals surface area (Å²) in [7, 11) is 0. The second-order valence-electron chi connectivity index (χ2n) is 4.65. The molecule has 0 atom stereocenters. The van der Waals surface area contributed by atoms with Crippen LogP contribution in [0.4, 0.5) is 5.69 Å². The average molecular weight is 250 g/mol. The van der Waals surface area contributed by atoms with Crippen LogP contribution in [0, 0.1) is 6.92 Å². The van der Waals surface area contributed by atoms with E-state index in [0.29, 0.717) is 16.8 Å². The molecule has 2 aromatic carbocycles. The van der Waals surface area contributed by atoms with Gasteiger partial charge < -0.3 is 10.7 Å². The van der Waals surface area contributed by atoms with Gasteiger partial charge in [0.1, 0.15) is 0 Å². The van der Waals surface area contributed by atoms with Crippen LogP contribution in [-0.2, 0) is 0 Å². The molecular weight excluding hydrogens is 236 g/mol. The first-order valence-electron chi connectivity index (χ1n) is 6.14. The first kappa shape index (κ1) is 11.5. The summed E-state index contributed by atoms with van der Waals surface area (Å²) in [5.41, 5.74) is 9.74. The van der Waals surface area contributed by atoms with E-state index in [1.54, 1.807) is 30.5 Å². The number of nitrogens with two attached hydrogens (primary N) is 1. The van der Waals surface area contributed by atoms with Crippen molar-refractivity contribution in [3.8, 4) is 0 Å². The third-order valence-corrected chi connectivity index (χ3v) is 3.33. The molecule has 3 aromatic rings. The molecular formula is C16H14N2O. The number of carbonyl (C=O) groups is 1. The Labute approximate surface area is 111 Å². The maximum Gasteiger partial charge on any atom is 0.195 e. The number of fused-ring (bicyclic) bond motifs is 1. The number of rotatable bonds is 2. The van der Waals surface area contributed by atoms with Crippen LogP contribution < -0.4 is 5.73 Å². The van der Waals surface area contributed by atoms with Gasteiger partial charge >= 0.3 is 0 Å². The number of ketones is 1. The third kappa shape index (κ3) is 1.89. The van der Waals surface area contributed by atoms with E-state index in [2.05, 4.69) is 4.98 Å². The number of aryl methyl sites for hydroxylation is 1. The van der Waals surface area contributed by atoms with Crippen LogP contribution in [0.25, 0.3) is 10.9 Å². The Morgan fingerprint density at radius 1 is 1.11 bits per heavy atom. The minimum atomic E-state index is 0.0144. The predicted molar refractivity (Wildman–Crippen MR) is 77.3 cm³/mol. The van der Waals surface area contributed by atoms with Crippen LogP contribution in [0.1, 0.15) is 21.5 Å². The molecule has 0 fully saturated rings. The van der Waals surface area contributed by atoms with Gasteiger partial charge in [-0.25, -0.2) is 0 Å². The summed E-state index contributed by atoms with van der Waals surface area (Å²) in [5.74, 6) is 0.0144. The van der Waals surface area contributed by atoms with E-state index in [1.807, 2.05) is 25.1 Å². The lowest BCUT2D eigenvalue weighted by molar-refractivity contribution is 0.104. The number of aromatic nitrogens is 1. The molecule has 0 bridgehead atoms. The first-order valence-corrected chi connectivity index (χ1v) is 6.14. The van der Waals surface area contributed by atoms with Crippen molar-refractivity contribution in [1.82, 2.24) is 4.98 Å². The van der Waals surface area contributed by atoms with Gasteiger partial charge in [-0.1, -0.05) is 12.1 Å². The van der Waals surface area contributed by atoms with Gasteiger partial charge in [-0.15, -0.1) is 0 Å². The van der Waals surface area contributed by atoms with Gasteiger partial charge in [0.05, 0.1) is 0 Å². The van der Waals surface area contributed by atoms with E-state index < -0.39 is 0 Å². The predicted octanol–water partition coefficient (Wildman–Crippen LogP) is 3.29. The Hall–Kier alpha value is -2.55. The highest BCUT2D eigenvalue weighted by Crippen LogP contribution is 2.24. The summed E-state index contributed by atoms with van der Waals surface area (Å²) in [6.07, 6.45) is 1.77. The molecule has 0 unspecified atom stereocenters. The van der Waals surface area contributed by atoms with Crippen LogP contribution in [0.3, 0.4) is 0 Å². The van der Waals surface area contributed by atoms with Crippen molar-refractivity contribution >= 4 is 22.4 Å². The maximum absolute atomic E-state index is 12.5. The van der Waals surface area contributed by atoms with Gasteiger partial charge in [0.2, 0.25) is 0 Å². The SMILES string of the molecule is Cc1cccc2[nH]cc(C(=O)c3ccc(N)cc3)c12. The third-order valence-electron chi connectivity index (χ3n) is 3.33. The van der Waals surface area contributed by atoms with Gasteiger partial charge in [-0.3, -0.25) is 4.79 Å². The largest absolute Gasteiger partial charge is 0.399 e. The van der Waals surface area contributed by atoms with Crippen LogP contribution in [0.2, 0.25) is 0 Å². The van der Waals surface area contributed by atoms with E-state index in [1.165, 1.54) is 0 Å². The van der Waals surface area contributed by atoms with Gasteiger partial charge in [0.15, 0.2) is 5.78 Å². The number of hydrogen-bond acceptors (Lipinski definition) is 2. The smallest absolute Gasteiger partial charge is 0.195 e. The number of nitrogens with one attached hydrogen (secondary N) is 1. The summed E-state index contributed by atoms with van der Waals surface area (Å²) < 4.78 is 0. The molecule has 3 heteroatoms. The quantitative estimate of drug-likeness (QED) is 0.541. The van der Waals surface area contributed by atoms with E-state index in [4.69, 9.17) is 5.73 Å². The molecule has 1 heterocycles. The van der Waals surface area contributed by atoms with E-state index in [0.717, 1.165) is 16.5 Å². The van der Waals surface area contributed by atoms with Crippen LogP contribution in [0.5, 0.6) is 0 Å². The minimum absolute atomic E-state index is 0.0144. The van der Waals surface area contributed by atoms with Crippen molar-refractivity contribution in [1.29, 1.82) is 0 Å². The molecule has 0 saturated heterocycles. The Balaban J connectivity index is 2.14. The highest BCUT2D eigenvalue weighted by molar-refractivity contribution is 6.17. The fraction of sp³-hybridized carbons (Fsp3) is 0.0625. The zero-order chi connectivity index (χ0) is 13.4.